The van der Waals surface area contributed by atoms with Crippen LogP contribution < -0.4 is 4.90 Å². The third kappa shape index (κ3) is 6.01. The quantitative estimate of drug-likeness (QED) is 0.160. The normalized spacial score (nSPS) is 11.8. The first-order valence-corrected chi connectivity index (χ1v) is 23.2. The van der Waals surface area contributed by atoms with Crippen molar-refractivity contribution < 1.29 is 8.83 Å². The number of benzene rings is 11. The van der Waals surface area contributed by atoms with Crippen molar-refractivity contribution in [2.24, 2.45) is 0 Å². The lowest BCUT2D eigenvalue weighted by Gasteiger charge is -2.27. The molecule has 0 aliphatic heterocycles. The van der Waals surface area contributed by atoms with Gasteiger partial charge in [0.1, 0.15) is 22.3 Å². The van der Waals surface area contributed by atoms with Crippen molar-refractivity contribution in [3.8, 4) is 39.1 Å². The second kappa shape index (κ2) is 15.2. The van der Waals surface area contributed by atoms with Gasteiger partial charge in [-0.25, -0.2) is 0 Å². The van der Waals surface area contributed by atoms with Crippen LogP contribution in [0.5, 0.6) is 0 Å². The maximum Gasteiger partial charge on any atom is 0.143 e. The van der Waals surface area contributed by atoms with E-state index in [9.17, 15) is 0 Å². The van der Waals surface area contributed by atoms with E-state index in [-0.39, 0.29) is 0 Å². The van der Waals surface area contributed by atoms with Gasteiger partial charge in [-0.15, -0.1) is 0 Å². The van der Waals surface area contributed by atoms with Gasteiger partial charge in [0.25, 0.3) is 0 Å². The van der Waals surface area contributed by atoms with Crippen LogP contribution in [0.1, 0.15) is 0 Å². The van der Waals surface area contributed by atoms with E-state index in [0.717, 1.165) is 88.9 Å². The highest BCUT2D eigenvalue weighted by atomic mass is 16.3. The van der Waals surface area contributed by atoms with Crippen LogP contribution in [0.15, 0.2) is 251 Å². The Morgan fingerprint density at radius 2 is 0.750 bits per heavy atom. The summed E-state index contributed by atoms with van der Waals surface area (Å²) in [6.45, 7) is 0. The van der Waals surface area contributed by atoms with Crippen molar-refractivity contribution in [2.45, 2.75) is 0 Å². The molecule has 0 N–H and O–H groups in total. The zero-order valence-electron chi connectivity index (χ0n) is 36.8. The third-order valence-corrected chi connectivity index (χ3v) is 13.8. The molecule has 4 heteroatoms. The summed E-state index contributed by atoms with van der Waals surface area (Å²) in [5, 5.41) is 9.33. The predicted molar refractivity (Wildman–Crippen MR) is 284 cm³/mol. The molecule has 0 atom stereocenters. The molecule has 14 rings (SSSR count). The van der Waals surface area contributed by atoms with Gasteiger partial charge in [0.05, 0.1) is 11.0 Å². The van der Waals surface area contributed by atoms with Crippen molar-refractivity contribution in [3.63, 3.8) is 0 Å². The Hall–Kier alpha value is -9.12. The molecule has 0 saturated carbocycles. The third-order valence-electron chi connectivity index (χ3n) is 13.8. The van der Waals surface area contributed by atoms with Gasteiger partial charge in [0, 0.05) is 66.2 Å². The Morgan fingerprint density at radius 3 is 1.41 bits per heavy atom. The highest BCUT2D eigenvalue weighted by molar-refractivity contribution is 6.13. The fraction of sp³-hybridized carbons (Fsp3) is 0. The van der Waals surface area contributed by atoms with E-state index in [4.69, 9.17) is 8.83 Å². The number of hydrogen-bond donors (Lipinski definition) is 0. The number of hydrogen-bond acceptors (Lipinski definition) is 3. The Bertz CT molecular complexity index is 4190. The molecule has 4 nitrogen and oxygen atoms in total. The van der Waals surface area contributed by atoms with Crippen LogP contribution in [0.25, 0.3) is 116 Å². The average molecular weight is 869 g/mol. The maximum absolute atomic E-state index is 6.79. The van der Waals surface area contributed by atoms with Gasteiger partial charge in [-0.3, -0.25) is 0 Å². The molecule has 0 unspecified atom stereocenters. The summed E-state index contributed by atoms with van der Waals surface area (Å²) in [5.41, 5.74) is 16.7. The molecule has 0 fully saturated rings. The summed E-state index contributed by atoms with van der Waals surface area (Å²) in [5.74, 6) is 0. The predicted octanol–water partition coefficient (Wildman–Crippen LogP) is 18.2. The Labute approximate surface area is 391 Å². The van der Waals surface area contributed by atoms with Crippen molar-refractivity contribution in [2.75, 3.05) is 4.90 Å². The topological polar surface area (TPSA) is 34.5 Å². The minimum Gasteiger partial charge on any atom is -0.455 e. The summed E-state index contributed by atoms with van der Waals surface area (Å²) >= 11 is 0. The number of para-hydroxylation sites is 5. The van der Waals surface area contributed by atoms with Gasteiger partial charge < -0.3 is 18.3 Å². The van der Waals surface area contributed by atoms with Gasteiger partial charge in [0.2, 0.25) is 0 Å². The van der Waals surface area contributed by atoms with E-state index < -0.39 is 0 Å². The molecule has 11 aromatic carbocycles. The first-order valence-electron chi connectivity index (χ1n) is 23.2. The molecule has 14 aromatic rings. The molecule has 0 amide bonds. The molecular weight excluding hydrogens is 829 g/mol. The van der Waals surface area contributed by atoms with Crippen LogP contribution in [0.4, 0.5) is 17.1 Å². The van der Waals surface area contributed by atoms with Crippen molar-refractivity contribution in [1.82, 2.24) is 4.57 Å². The van der Waals surface area contributed by atoms with Crippen molar-refractivity contribution in [3.05, 3.63) is 243 Å². The number of nitrogens with zero attached hydrogens (tertiary/aromatic N) is 2. The Kier molecular flexibility index (Phi) is 8.55. The van der Waals surface area contributed by atoms with Crippen molar-refractivity contribution >= 4 is 93.5 Å². The Balaban J connectivity index is 0.942. The highest BCUT2D eigenvalue weighted by Gasteiger charge is 2.21. The second-order valence-corrected chi connectivity index (χ2v) is 17.6. The summed E-state index contributed by atoms with van der Waals surface area (Å²) in [7, 11) is 0. The number of fused-ring (bicyclic) bond motifs is 10. The lowest BCUT2D eigenvalue weighted by molar-refractivity contribution is 0.669. The number of anilines is 3. The average Bonchev–Trinajstić information content (AvgIpc) is 4.09. The minimum absolute atomic E-state index is 0.859. The standard InChI is InChI=1S/C64H40N2O2/c1-2-15-49-41(13-1)14-11-20-50(49)42-27-33-45(34-28-42)65(46-35-29-43(30-36-46)51-21-12-22-56-54-18-5-9-25-61(54)67-63(51)56)48-39-57(64-58(40-48)55-19-6-10-26-62(55)68-64)44-31-37-47(38-32-44)66-59-23-7-3-16-52(59)53-17-4-8-24-60(53)66/h1-40H. The lowest BCUT2D eigenvalue weighted by atomic mass is 9.97. The molecule has 3 heterocycles. The number of aromatic nitrogens is 1. The summed E-state index contributed by atoms with van der Waals surface area (Å²) in [6, 6.07) is 86.9. The van der Waals surface area contributed by atoms with E-state index >= 15 is 0 Å². The molecule has 0 radical (unpaired) electrons. The zero-order chi connectivity index (χ0) is 44.7. The zero-order valence-corrected chi connectivity index (χ0v) is 36.8. The molecule has 0 aliphatic carbocycles. The van der Waals surface area contributed by atoms with Crippen molar-refractivity contribution in [1.29, 1.82) is 0 Å². The van der Waals surface area contributed by atoms with E-state index in [1.165, 1.54) is 43.7 Å². The van der Waals surface area contributed by atoms with Gasteiger partial charge in [-0.2, -0.15) is 0 Å². The van der Waals surface area contributed by atoms with Crippen LogP contribution in [-0.4, -0.2) is 4.57 Å². The second-order valence-electron chi connectivity index (χ2n) is 17.6. The fourth-order valence-corrected chi connectivity index (χ4v) is 10.6. The first kappa shape index (κ1) is 38.2. The number of rotatable bonds is 7. The van der Waals surface area contributed by atoms with Gasteiger partial charge in [-0.1, -0.05) is 170 Å². The molecule has 0 bridgehead atoms. The highest BCUT2D eigenvalue weighted by Crippen LogP contribution is 2.45. The molecular formula is C64H40N2O2. The van der Waals surface area contributed by atoms with Gasteiger partial charge >= 0.3 is 0 Å². The van der Waals surface area contributed by atoms with E-state index in [1.807, 2.05) is 18.2 Å². The van der Waals surface area contributed by atoms with E-state index in [0.29, 0.717) is 0 Å². The van der Waals surface area contributed by atoms with E-state index in [2.05, 4.69) is 234 Å². The van der Waals surface area contributed by atoms with Gasteiger partial charge in [-0.05, 0) is 106 Å². The van der Waals surface area contributed by atoms with Crippen LogP contribution in [0.2, 0.25) is 0 Å². The van der Waals surface area contributed by atoms with Crippen LogP contribution in [-0.2, 0) is 0 Å². The lowest BCUT2D eigenvalue weighted by Crippen LogP contribution is -2.10. The monoisotopic (exact) mass is 868 g/mol. The SMILES string of the molecule is c1ccc2c(-c3ccc(N(c4ccc(-c5cccc6c5oc5ccccc56)cc4)c4cc(-c5ccc(-n6c7ccccc7c7ccccc76)cc5)c5oc6ccccc6c5c4)cc3)cccc2c1. The Morgan fingerprint density at radius 1 is 0.294 bits per heavy atom. The van der Waals surface area contributed by atoms with Crippen LogP contribution in [0, 0.1) is 0 Å². The van der Waals surface area contributed by atoms with E-state index in [1.54, 1.807) is 0 Å². The van der Waals surface area contributed by atoms with Crippen LogP contribution in [0.3, 0.4) is 0 Å². The largest absolute Gasteiger partial charge is 0.455 e. The number of furan rings is 2. The van der Waals surface area contributed by atoms with Gasteiger partial charge in [0.15, 0.2) is 0 Å². The molecule has 0 saturated heterocycles. The maximum atomic E-state index is 6.79. The molecule has 3 aromatic heterocycles. The fourth-order valence-electron chi connectivity index (χ4n) is 10.6. The first-order chi connectivity index (χ1) is 33.7. The van der Waals surface area contributed by atoms with Crippen LogP contribution >= 0.6 is 0 Å². The molecule has 0 aliphatic rings. The summed E-state index contributed by atoms with van der Waals surface area (Å²) in [4.78, 5) is 2.37. The summed E-state index contributed by atoms with van der Waals surface area (Å²) in [6.07, 6.45) is 0. The summed E-state index contributed by atoms with van der Waals surface area (Å²) < 4.78 is 15.7. The molecule has 318 valence electrons. The smallest absolute Gasteiger partial charge is 0.143 e. The molecule has 0 spiro atoms. The minimum atomic E-state index is 0.859. The molecule has 68 heavy (non-hydrogen) atoms.